The van der Waals surface area contributed by atoms with Crippen molar-refractivity contribution in [3.63, 3.8) is 0 Å². The van der Waals surface area contributed by atoms with Crippen LogP contribution < -0.4 is 15.5 Å². The standard InChI is InChI=1S/C18H25FN6S.HI/c1-3-14-11-23-16(26-14)6-9-22-18(20-2)24-13-7-10-25(12-13)17-15(19)5-4-8-21-17;/h4-5,8,11,13H,3,6-7,9-10,12H2,1-2H3,(H2,20,22,24);1H. The Bertz CT molecular complexity index is 753. The predicted octanol–water partition coefficient (Wildman–Crippen LogP) is 2.84. The summed E-state index contributed by atoms with van der Waals surface area (Å²) in [5, 5.41) is 7.89. The maximum Gasteiger partial charge on any atom is 0.191 e. The summed E-state index contributed by atoms with van der Waals surface area (Å²) in [6.07, 6.45) is 6.41. The molecule has 0 radical (unpaired) electrons. The maximum atomic E-state index is 13.9. The molecule has 2 aromatic heterocycles. The fourth-order valence-corrected chi connectivity index (χ4v) is 3.85. The molecule has 27 heavy (non-hydrogen) atoms. The van der Waals surface area contributed by atoms with Gasteiger partial charge in [0.1, 0.15) is 0 Å². The number of anilines is 1. The number of pyridine rings is 1. The van der Waals surface area contributed by atoms with Gasteiger partial charge in [0.2, 0.25) is 0 Å². The highest BCUT2D eigenvalue weighted by molar-refractivity contribution is 14.0. The van der Waals surface area contributed by atoms with Crippen LogP contribution in [-0.4, -0.2) is 48.7 Å². The second-order valence-corrected chi connectivity index (χ2v) is 7.41. The SMILES string of the molecule is CCc1cnc(CCNC(=NC)NC2CCN(c3ncccc3F)C2)s1.I. The van der Waals surface area contributed by atoms with Gasteiger partial charge in [0, 0.05) is 56.4 Å². The van der Waals surface area contributed by atoms with E-state index in [1.54, 1.807) is 30.6 Å². The first kappa shape index (κ1) is 21.8. The average Bonchev–Trinajstić information content (AvgIpc) is 3.30. The van der Waals surface area contributed by atoms with Crippen LogP contribution in [0, 0.1) is 5.82 Å². The number of aryl methyl sites for hydroxylation is 1. The second-order valence-electron chi connectivity index (χ2n) is 6.21. The Morgan fingerprint density at radius 3 is 3.00 bits per heavy atom. The third-order valence-electron chi connectivity index (χ3n) is 4.37. The monoisotopic (exact) mass is 504 g/mol. The van der Waals surface area contributed by atoms with Crippen molar-refractivity contribution in [2.75, 3.05) is 31.6 Å². The van der Waals surface area contributed by atoms with E-state index in [-0.39, 0.29) is 35.8 Å². The Balaban J connectivity index is 0.00000261. The van der Waals surface area contributed by atoms with Crippen LogP contribution in [0.2, 0.25) is 0 Å². The van der Waals surface area contributed by atoms with Crippen LogP contribution in [0.1, 0.15) is 23.2 Å². The van der Waals surface area contributed by atoms with Crippen LogP contribution in [0.5, 0.6) is 0 Å². The van der Waals surface area contributed by atoms with Crippen LogP contribution >= 0.6 is 35.3 Å². The summed E-state index contributed by atoms with van der Waals surface area (Å²) in [5.41, 5.74) is 0. The van der Waals surface area contributed by atoms with Gasteiger partial charge in [-0.05, 0) is 25.0 Å². The van der Waals surface area contributed by atoms with Crippen molar-refractivity contribution >= 4 is 47.1 Å². The van der Waals surface area contributed by atoms with Gasteiger partial charge in [-0.15, -0.1) is 35.3 Å². The summed E-state index contributed by atoms with van der Waals surface area (Å²) in [4.78, 5) is 16.2. The van der Waals surface area contributed by atoms with Crippen LogP contribution in [0.3, 0.4) is 0 Å². The topological polar surface area (TPSA) is 65.4 Å². The number of halogens is 2. The first-order valence-corrected chi connectivity index (χ1v) is 9.77. The van der Waals surface area contributed by atoms with Crippen molar-refractivity contribution in [3.8, 4) is 0 Å². The number of aliphatic imine (C=N–C) groups is 1. The zero-order chi connectivity index (χ0) is 18.4. The van der Waals surface area contributed by atoms with E-state index in [9.17, 15) is 4.39 Å². The van der Waals surface area contributed by atoms with E-state index >= 15 is 0 Å². The smallest absolute Gasteiger partial charge is 0.191 e. The predicted molar refractivity (Wildman–Crippen MR) is 120 cm³/mol. The van der Waals surface area contributed by atoms with Gasteiger partial charge in [0.15, 0.2) is 17.6 Å². The van der Waals surface area contributed by atoms with E-state index in [0.29, 0.717) is 12.4 Å². The fraction of sp³-hybridized carbons (Fsp3) is 0.500. The zero-order valence-electron chi connectivity index (χ0n) is 15.6. The summed E-state index contributed by atoms with van der Waals surface area (Å²) >= 11 is 1.76. The molecule has 1 atom stereocenters. The molecule has 148 valence electrons. The Morgan fingerprint density at radius 2 is 2.30 bits per heavy atom. The molecule has 1 saturated heterocycles. The zero-order valence-corrected chi connectivity index (χ0v) is 18.8. The van der Waals surface area contributed by atoms with E-state index in [1.807, 2.05) is 11.1 Å². The lowest BCUT2D eigenvalue weighted by atomic mass is 10.3. The lowest BCUT2D eigenvalue weighted by molar-refractivity contribution is 0.612. The minimum atomic E-state index is -0.273. The highest BCUT2D eigenvalue weighted by atomic mass is 127. The summed E-state index contributed by atoms with van der Waals surface area (Å²) < 4.78 is 13.9. The van der Waals surface area contributed by atoms with Crippen LogP contribution in [0.15, 0.2) is 29.5 Å². The molecule has 0 spiro atoms. The molecule has 1 aliphatic rings. The fourth-order valence-electron chi connectivity index (χ4n) is 2.98. The molecule has 6 nitrogen and oxygen atoms in total. The number of thiazole rings is 1. The number of hydrogen-bond acceptors (Lipinski definition) is 5. The van der Waals surface area contributed by atoms with Gasteiger partial charge in [0.25, 0.3) is 0 Å². The lowest BCUT2D eigenvalue weighted by Gasteiger charge is -2.19. The van der Waals surface area contributed by atoms with E-state index in [4.69, 9.17) is 0 Å². The molecular formula is C18H26FIN6S. The van der Waals surface area contributed by atoms with Gasteiger partial charge < -0.3 is 15.5 Å². The Morgan fingerprint density at radius 1 is 1.44 bits per heavy atom. The minimum Gasteiger partial charge on any atom is -0.356 e. The highest BCUT2D eigenvalue weighted by Crippen LogP contribution is 2.20. The summed E-state index contributed by atoms with van der Waals surface area (Å²) in [7, 11) is 1.76. The molecule has 3 heterocycles. The lowest BCUT2D eigenvalue weighted by Crippen LogP contribution is -2.45. The largest absolute Gasteiger partial charge is 0.356 e. The van der Waals surface area contributed by atoms with E-state index in [2.05, 4.69) is 32.5 Å². The number of hydrogen-bond donors (Lipinski definition) is 2. The van der Waals surface area contributed by atoms with Crippen molar-refractivity contribution < 1.29 is 4.39 Å². The first-order valence-electron chi connectivity index (χ1n) is 8.95. The van der Waals surface area contributed by atoms with Gasteiger partial charge in [-0.1, -0.05) is 6.92 Å². The maximum absolute atomic E-state index is 13.9. The summed E-state index contributed by atoms with van der Waals surface area (Å²) in [5.74, 6) is 0.923. The Kier molecular flexibility index (Phi) is 8.68. The van der Waals surface area contributed by atoms with Crippen molar-refractivity contribution in [1.29, 1.82) is 0 Å². The molecule has 0 saturated carbocycles. The van der Waals surface area contributed by atoms with Crippen LogP contribution in [0.25, 0.3) is 0 Å². The molecule has 0 aliphatic carbocycles. The molecule has 1 fully saturated rings. The van der Waals surface area contributed by atoms with Crippen LogP contribution in [-0.2, 0) is 12.8 Å². The number of nitrogens with one attached hydrogen (secondary N) is 2. The van der Waals surface area contributed by atoms with Crippen molar-refractivity contribution in [3.05, 3.63) is 40.2 Å². The Hall–Kier alpha value is -1.49. The van der Waals surface area contributed by atoms with Gasteiger partial charge in [-0.25, -0.2) is 14.4 Å². The molecule has 0 amide bonds. The van der Waals surface area contributed by atoms with Crippen molar-refractivity contribution in [2.45, 2.75) is 32.2 Å². The van der Waals surface area contributed by atoms with Crippen LogP contribution in [0.4, 0.5) is 10.2 Å². The molecule has 2 aromatic rings. The molecular weight excluding hydrogens is 478 g/mol. The van der Waals surface area contributed by atoms with Gasteiger partial charge in [-0.3, -0.25) is 4.99 Å². The third-order valence-corrected chi connectivity index (χ3v) is 5.57. The second kappa shape index (κ2) is 10.7. The molecule has 1 aliphatic heterocycles. The quantitative estimate of drug-likeness (QED) is 0.360. The van der Waals surface area contributed by atoms with Gasteiger partial charge in [-0.2, -0.15) is 0 Å². The Labute approximate surface area is 180 Å². The van der Waals surface area contributed by atoms with E-state index < -0.39 is 0 Å². The number of guanidine groups is 1. The normalized spacial score (nSPS) is 16.9. The molecule has 0 bridgehead atoms. The molecule has 1 unspecified atom stereocenters. The minimum absolute atomic E-state index is 0. The number of nitrogens with zero attached hydrogens (tertiary/aromatic N) is 4. The van der Waals surface area contributed by atoms with Crippen molar-refractivity contribution in [2.24, 2.45) is 4.99 Å². The van der Waals surface area contributed by atoms with E-state index in [1.165, 1.54) is 10.9 Å². The molecule has 0 aromatic carbocycles. The van der Waals surface area contributed by atoms with Crippen molar-refractivity contribution in [1.82, 2.24) is 20.6 Å². The number of aromatic nitrogens is 2. The number of rotatable bonds is 6. The average molecular weight is 504 g/mol. The third kappa shape index (κ3) is 6.00. The first-order chi connectivity index (χ1) is 12.7. The highest BCUT2D eigenvalue weighted by Gasteiger charge is 2.25. The molecule has 3 rings (SSSR count). The van der Waals surface area contributed by atoms with E-state index in [0.717, 1.165) is 43.3 Å². The molecule has 9 heteroatoms. The van der Waals surface area contributed by atoms with Gasteiger partial charge in [0.05, 0.1) is 5.01 Å². The van der Waals surface area contributed by atoms with Gasteiger partial charge >= 0.3 is 0 Å². The molecule has 2 N–H and O–H groups in total. The summed E-state index contributed by atoms with van der Waals surface area (Å²) in [6.45, 7) is 4.41. The summed E-state index contributed by atoms with van der Waals surface area (Å²) in [6, 6.07) is 3.28.